The first kappa shape index (κ1) is 19.7. The van der Waals surface area contributed by atoms with E-state index in [0.717, 1.165) is 31.2 Å². The van der Waals surface area contributed by atoms with Gasteiger partial charge in [-0.1, -0.05) is 0 Å². The van der Waals surface area contributed by atoms with E-state index in [9.17, 15) is 42.0 Å². The van der Waals surface area contributed by atoms with E-state index in [4.69, 9.17) is 0 Å². The van der Waals surface area contributed by atoms with Gasteiger partial charge in [-0.05, 0) is 19.1 Å². The van der Waals surface area contributed by atoms with Crippen molar-refractivity contribution in [1.82, 2.24) is 5.01 Å². The molecule has 0 aliphatic carbocycles. The van der Waals surface area contributed by atoms with Crippen LogP contribution in [0.15, 0.2) is 29.4 Å². The largest absolute Gasteiger partial charge is 0.527 e. The topological polar surface area (TPSA) is 105 Å². The molecule has 0 spiro atoms. The Morgan fingerprint density at radius 3 is 2.31 bits per heavy atom. The normalized spacial score (nSPS) is 20.9. The maximum absolute atomic E-state index is 13.9. The number of nitro benzene ring substituents is 1. The van der Waals surface area contributed by atoms with Crippen molar-refractivity contribution < 1.29 is 41.5 Å². The second kappa shape index (κ2) is 6.25. The molecule has 1 aromatic carbocycles. The molecular formula is C13H10F5N3O5. The molecule has 142 valence electrons. The first-order valence-corrected chi connectivity index (χ1v) is 6.77. The minimum Gasteiger partial charge on any atom is -0.362 e. The van der Waals surface area contributed by atoms with E-state index in [1.165, 1.54) is 0 Å². The lowest BCUT2D eigenvalue weighted by Gasteiger charge is -2.36. The second-order valence-electron chi connectivity index (χ2n) is 5.31. The molecule has 2 rings (SSSR count). The summed E-state index contributed by atoms with van der Waals surface area (Å²) in [7, 11) is 0. The van der Waals surface area contributed by atoms with E-state index in [0.29, 0.717) is 0 Å². The summed E-state index contributed by atoms with van der Waals surface area (Å²) < 4.78 is 67.2. The van der Waals surface area contributed by atoms with Gasteiger partial charge in [-0.2, -0.15) is 18.9 Å². The van der Waals surface area contributed by atoms with Crippen molar-refractivity contribution in [2.75, 3.05) is 0 Å². The number of alkyl halides is 5. The number of halogens is 5. The third kappa shape index (κ3) is 3.62. The van der Waals surface area contributed by atoms with Crippen molar-refractivity contribution in [3.63, 3.8) is 0 Å². The summed E-state index contributed by atoms with van der Waals surface area (Å²) in [6, 6.07) is 3.52. The number of carbonyl (C=O) groups excluding carboxylic acids is 1. The third-order valence-electron chi connectivity index (χ3n) is 3.35. The van der Waals surface area contributed by atoms with Crippen LogP contribution >= 0.6 is 0 Å². The summed E-state index contributed by atoms with van der Waals surface area (Å²) >= 11 is 0. The van der Waals surface area contributed by atoms with Gasteiger partial charge in [-0.15, -0.1) is 13.2 Å². The molecule has 0 aromatic heterocycles. The van der Waals surface area contributed by atoms with E-state index in [1.807, 2.05) is 0 Å². The van der Waals surface area contributed by atoms with Crippen LogP contribution in [0.1, 0.15) is 23.7 Å². The van der Waals surface area contributed by atoms with Gasteiger partial charge in [-0.25, -0.2) is 4.74 Å². The average Bonchev–Trinajstić information content (AvgIpc) is 2.81. The molecule has 1 heterocycles. The van der Waals surface area contributed by atoms with Crippen molar-refractivity contribution in [3.8, 4) is 0 Å². The molecule has 1 amide bonds. The highest BCUT2D eigenvalue weighted by molar-refractivity contribution is 5.98. The summed E-state index contributed by atoms with van der Waals surface area (Å²) in [4.78, 5) is 22.1. The number of benzene rings is 1. The minimum atomic E-state index is -5.79. The number of hydrogen-bond acceptors (Lipinski definition) is 6. The van der Waals surface area contributed by atoms with Gasteiger partial charge in [0.1, 0.15) is 0 Å². The highest BCUT2D eigenvalue weighted by atomic mass is 19.4. The van der Waals surface area contributed by atoms with Gasteiger partial charge in [0.25, 0.3) is 17.3 Å². The zero-order valence-electron chi connectivity index (χ0n) is 12.8. The van der Waals surface area contributed by atoms with Crippen LogP contribution in [-0.4, -0.2) is 44.9 Å². The summed E-state index contributed by atoms with van der Waals surface area (Å²) in [6.07, 6.45) is -12.1. The van der Waals surface area contributed by atoms with Crippen molar-refractivity contribution in [2.45, 2.75) is 31.5 Å². The molecule has 0 saturated heterocycles. The number of hydrogen-bond donors (Lipinski definition) is 1. The Balaban J connectivity index is 2.38. The fourth-order valence-electron chi connectivity index (χ4n) is 2.24. The standard InChI is InChI=1S/C13H10F5N3O5/c1-7-6-11(23,12(14,15)26-13(16,17)18)20(19-7)10(22)8-2-4-9(5-3-8)21(24)25/h2-5,23H,6H2,1H3/t11-/m1/s1. The second-order valence-corrected chi connectivity index (χ2v) is 5.31. The predicted octanol–water partition coefficient (Wildman–Crippen LogP) is 2.63. The Hall–Kier alpha value is -2.67. The van der Waals surface area contributed by atoms with Gasteiger partial charge in [0.2, 0.25) is 0 Å². The SMILES string of the molecule is CC1=NN(C(=O)c2ccc([N+](=O)[O-])cc2)[C@](O)(C(F)(F)OC(F)(F)F)C1. The van der Waals surface area contributed by atoms with Gasteiger partial charge in [0.15, 0.2) is 0 Å². The number of amides is 1. The van der Waals surface area contributed by atoms with E-state index in [1.54, 1.807) is 0 Å². The highest BCUT2D eigenvalue weighted by Gasteiger charge is 2.66. The lowest BCUT2D eigenvalue weighted by molar-refractivity contribution is -0.468. The molecule has 1 aliphatic rings. The zero-order chi connectivity index (χ0) is 19.9. The van der Waals surface area contributed by atoms with Crippen molar-refractivity contribution in [3.05, 3.63) is 39.9 Å². The number of nitrogens with zero attached hydrogens (tertiary/aromatic N) is 3. The zero-order valence-corrected chi connectivity index (χ0v) is 12.8. The van der Waals surface area contributed by atoms with Crippen molar-refractivity contribution in [2.24, 2.45) is 5.10 Å². The maximum Gasteiger partial charge on any atom is 0.527 e. The van der Waals surface area contributed by atoms with Crippen LogP contribution in [0, 0.1) is 10.1 Å². The quantitative estimate of drug-likeness (QED) is 0.489. The van der Waals surface area contributed by atoms with Gasteiger partial charge in [0.05, 0.1) is 4.92 Å². The van der Waals surface area contributed by atoms with Crippen LogP contribution in [0.3, 0.4) is 0 Å². The van der Waals surface area contributed by atoms with Crippen LogP contribution in [-0.2, 0) is 4.74 Å². The molecule has 0 radical (unpaired) electrons. The van der Waals surface area contributed by atoms with E-state index in [2.05, 4.69) is 9.84 Å². The highest BCUT2D eigenvalue weighted by Crippen LogP contribution is 2.43. The molecule has 1 aliphatic heterocycles. The maximum atomic E-state index is 13.9. The fourth-order valence-corrected chi connectivity index (χ4v) is 2.24. The summed E-state index contributed by atoms with van der Waals surface area (Å²) in [5, 5.41) is 23.8. The average molecular weight is 383 g/mol. The van der Waals surface area contributed by atoms with Gasteiger partial charge < -0.3 is 5.11 Å². The summed E-state index contributed by atoms with van der Waals surface area (Å²) in [6.45, 7) is 1.11. The van der Waals surface area contributed by atoms with Crippen LogP contribution < -0.4 is 0 Å². The van der Waals surface area contributed by atoms with Crippen LogP contribution in [0.5, 0.6) is 0 Å². The smallest absolute Gasteiger partial charge is 0.362 e. The number of ether oxygens (including phenoxy) is 1. The van der Waals surface area contributed by atoms with Gasteiger partial charge >= 0.3 is 12.5 Å². The van der Waals surface area contributed by atoms with Crippen LogP contribution in [0.2, 0.25) is 0 Å². The first-order chi connectivity index (χ1) is 11.8. The Labute approximate surface area is 141 Å². The fraction of sp³-hybridized carbons (Fsp3) is 0.385. The summed E-state index contributed by atoms with van der Waals surface area (Å²) in [5.74, 6) is -1.40. The van der Waals surface area contributed by atoms with Gasteiger partial charge in [0, 0.05) is 29.8 Å². The van der Waals surface area contributed by atoms with E-state index in [-0.39, 0.29) is 10.7 Å². The van der Waals surface area contributed by atoms with Gasteiger partial charge in [-0.3, -0.25) is 14.9 Å². The number of non-ortho nitro benzene ring substituents is 1. The van der Waals surface area contributed by atoms with Crippen molar-refractivity contribution in [1.29, 1.82) is 0 Å². The van der Waals surface area contributed by atoms with E-state index >= 15 is 0 Å². The number of carbonyl (C=O) groups is 1. The lowest BCUT2D eigenvalue weighted by Crippen LogP contribution is -2.61. The molecule has 0 fully saturated rings. The predicted molar refractivity (Wildman–Crippen MR) is 74.0 cm³/mol. The molecule has 0 saturated carbocycles. The number of rotatable bonds is 4. The molecular weight excluding hydrogens is 373 g/mol. The molecule has 1 N–H and O–H groups in total. The molecule has 13 heteroatoms. The Morgan fingerprint density at radius 2 is 1.85 bits per heavy atom. The number of hydrazone groups is 1. The third-order valence-corrected chi connectivity index (χ3v) is 3.35. The number of aliphatic hydroxyl groups is 1. The number of nitro groups is 1. The molecule has 0 unspecified atom stereocenters. The molecule has 1 atom stereocenters. The molecule has 26 heavy (non-hydrogen) atoms. The van der Waals surface area contributed by atoms with E-state index < -0.39 is 46.7 Å². The summed E-state index contributed by atoms with van der Waals surface area (Å²) in [5.41, 5.74) is -4.82. The Kier molecular flexibility index (Phi) is 4.72. The minimum absolute atomic E-state index is 0.227. The Bertz CT molecular complexity index is 764. The van der Waals surface area contributed by atoms with Crippen LogP contribution in [0.4, 0.5) is 27.6 Å². The molecule has 0 bridgehead atoms. The first-order valence-electron chi connectivity index (χ1n) is 6.77. The molecule has 1 aromatic rings. The van der Waals surface area contributed by atoms with Crippen molar-refractivity contribution >= 4 is 17.3 Å². The van der Waals surface area contributed by atoms with Crippen LogP contribution in [0.25, 0.3) is 0 Å². The lowest BCUT2D eigenvalue weighted by atomic mass is 10.1. The monoisotopic (exact) mass is 383 g/mol. The Morgan fingerprint density at radius 1 is 1.31 bits per heavy atom. The molecule has 8 nitrogen and oxygen atoms in total.